The van der Waals surface area contributed by atoms with E-state index in [0.29, 0.717) is 19.4 Å². The van der Waals surface area contributed by atoms with Gasteiger partial charge in [-0.25, -0.2) is 4.98 Å². The SMILES string of the molecule is Cc1ccc(OCc2ccc(C(=O)N3CCCCC3)cc2C)c(-c2csc(N[C@H]3CC[C@@H](C(=O)O)C3)n2)c1. The van der Waals surface area contributed by atoms with Crippen molar-refractivity contribution in [1.29, 1.82) is 0 Å². The number of aryl methyl sites for hydroxylation is 2. The van der Waals surface area contributed by atoms with Crippen molar-refractivity contribution in [3.8, 4) is 17.0 Å². The summed E-state index contributed by atoms with van der Waals surface area (Å²) in [5, 5.41) is 15.5. The van der Waals surface area contributed by atoms with Gasteiger partial charge in [0.1, 0.15) is 12.4 Å². The molecular formula is C30H35N3O4S. The van der Waals surface area contributed by atoms with E-state index in [-0.39, 0.29) is 17.9 Å². The van der Waals surface area contributed by atoms with E-state index in [0.717, 1.165) is 76.7 Å². The number of thiazole rings is 1. The first-order valence-electron chi connectivity index (χ1n) is 13.4. The molecule has 1 amide bonds. The Morgan fingerprint density at radius 1 is 1.11 bits per heavy atom. The second kappa shape index (κ2) is 11.6. The number of piperidine rings is 1. The van der Waals surface area contributed by atoms with E-state index in [1.165, 1.54) is 17.8 Å². The number of carbonyl (C=O) groups excluding carboxylic acids is 1. The van der Waals surface area contributed by atoms with Crippen LogP contribution >= 0.6 is 11.3 Å². The van der Waals surface area contributed by atoms with E-state index in [1.807, 2.05) is 54.5 Å². The Balaban J connectivity index is 1.26. The van der Waals surface area contributed by atoms with E-state index in [2.05, 4.69) is 11.4 Å². The minimum absolute atomic E-state index is 0.116. The van der Waals surface area contributed by atoms with Crippen LogP contribution in [0.4, 0.5) is 5.13 Å². The lowest BCUT2D eigenvalue weighted by Gasteiger charge is -2.27. The molecule has 0 unspecified atom stereocenters. The molecule has 2 aromatic carbocycles. The molecule has 1 saturated heterocycles. The van der Waals surface area contributed by atoms with Crippen molar-refractivity contribution in [2.24, 2.45) is 5.92 Å². The number of aromatic nitrogens is 1. The van der Waals surface area contributed by atoms with Crippen LogP contribution in [0.3, 0.4) is 0 Å². The monoisotopic (exact) mass is 533 g/mol. The molecule has 0 radical (unpaired) electrons. The Kier molecular flexibility index (Phi) is 7.98. The summed E-state index contributed by atoms with van der Waals surface area (Å²) < 4.78 is 6.30. The van der Waals surface area contributed by atoms with E-state index in [1.54, 1.807) is 0 Å². The Labute approximate surface area is 227 Å². The van der Waals surface area contributed by atoms with Crippen LogP contribution in [0.5, 0.6) is 5.75 Å². The number of rotatable bonds is 8. The highest BCUT2D eigenvalue weighted by Crippen LogP contribution is 2.35. The molecule has 200 valence electrons. The van der Waals surface area contributed by atoms with Crippen molar-refractivity contribution in [1.82, 2.24) is 9.88 Å². The lowest BCUT2D eigenvalue weighted by molar-refractivity contribution is -0.141. The van der Waals surface area contributed by atoms with Crippen LogP contribution in [-0.2, 0) is 11.4 Å². The second-order valence-electron chi connectivity index (χ2n) is 10.5. The number of anilines is 1. The number of hydrogen-bond donors (Lipinski definition) is 2. The van der Waals surface area contributed by atoms with Crippen LogP contribution in [0, 0.1) is 19.8 Å². The van der Waals surface area contributed by atoms with Crippen LogP contribution < -0.4 is 10.1 Å². The highest BCUT2D eigenvalue weighted by molar-refractivity contribution is 7.14. The van der Waals surface area contributed by atoms with Crippen molar-refractivity contribution in [3.05, 3.63) is 64.0 Å². The van der Waals surface area contributed by atoms with Crippen molar-refractivity contribution in [2.45, 2.75) is 65.0 Å². The topological polar surface area (TPSA) is 91.8 Å². The Morgan fingerprint density at radius 3 is 2.66 bits per heavy atom. The quantitative estimate of drug-likeness (QED) is 0.353. The summed E-state index contributed by atoms with van der Waals surface area (Å²) in [6.07, 6.45) is 5.54. The smallest absolute Gasteiger partial charge is 0.306 e. The molecule has 38 heavy (non-hydrogen) atoms. The zero-order valence-corrected chi connectivity index (χ0v) is 22.9. The van der Waals surface area contributed by atoms with Crippen LogP contribution in [0.25, 0.3) is 11.3 Å². The molecule has 8 heteroatoms. The first kappa shape index (κ1) is 26.2. The number of amides is 1. The van der Waals surface area contributed by atoms with Crippen LogP contribution in [0.15, 0.2) is 41.8 Å². The Hall–Kier alpha value is -3.39. The fraction of sp³-hybridized carbons (Fsp3) is 0.433. The Bertz CT molecular complexity index is 1310. The normalized spacial score (nSPS) is 19.4. The third-order valence-corrected chi connectivity index (χ3v) is 8.41. The number of nitrogens with zero attached hydrogens (tertiary/aromatic N) is 2. The number of carboxylic acid groups (broad SMARTS) is 1. The Morgan fingerprint density at radius 2 is 1.92 bits per heavy atom. The van der Waals surface area contributed by atoms with Gasteiger partial charge >= 0.3 is 5.97 Å². The number of ether oxygens (including phenoxy) is 1. The van der Waals surface area contributed by atoms with Gasteiger partial charge in [0.2, 0.25) is 0 Å². The summed E-state index contributed by atoms with van der Waals surface area (Å²) in [5.74, 6) is -0.115. The summed E-state index contributed by atoms with van der Waals surface area (Å²) >= 11 is 1.53. The fourth-order valence-corrected chi connectivity index (χ4v) is 6.16. The number of carbonyl (C=O) groups is 2. The summed E-state index contributed by atoms with van der Waals surface area (Å²) in [5.41, 5.74) is 5.71. The van der Waals surface area contributed by atoms with Gasteiger partial charge < -0.3 is 20.1 Å². The minimum atomic E-state index is -0.714. The molecule has 2 atom stereocenters. The average Bonchev–Trinajstić information content (AvgIpc) is 3.59. The van der Waals surface area contributed by atoms with Gasteiger partial charge in [-0.05, 0) is 87.8 Å². The van der Waals surface area contributed by atoms with E-state index in [4.69, 9.17) is 9.72 Å². The molecular weight excluding hydrogens is 498 g/mol. The van der Waals surface area contributed by atoms with Gasteiger partial charge in [-0.15, -0.1) is 11.3 Å². The third kappa shape index (κ3) is 6.01. The van der Waals surface area contributed by atoms with Gasteiger partial charge in [-0.3, -0.25) is 9.59 Å². The van der Waals surface area contributed by atoms with Gasteiger partial charge in [0.25, 0.3) is 5.91 Å². The third-order valence-electron chi connectivity index (χ3n) is 7.64. The number of likely N-dealkylation sites (tertiary alicyclic amines) is 1. The number of benzene rings is 2. The van der Waals surface area contributed by atoms with Crippen LogP contribution in [0.1, 0.15) is 65.6 Å². The molecule has 1 aliphatic heterocycles. The number of carboxylic acids is 1. The number of nitrogens with one attached hydrogen (secondary N) is 1. The lowest BCUT2D eigenvalue weighted by atomic mass is 10.0. The number of hydrogen-bond acceptors (Lipinski definition) is 6. The van der Waals surface area contributed by atoms with Crippen molar-refractivity contribution in [3.63, 3.8) is 0 Å². The predicted octanol–water partition coefficient (Wildman–Crippen LogP) is 6.30. The molecule has 7 nitrogen and oxygen atoms in total. The standard InChI is InChI=1S/C30H35N3O4S/c1-19-6-11-27(25(14-19)26-18-38-30(32-26)31-24-10-9-22(16-24)29(35)36)37-17-23-8-7-21(15-20(23)2)28(34)33-12-4-3-5-13-33/h6-8,11,14-15,18,22,24H,3-5,9-10,12-13,16-17H2,1-2H3,(H,31,32)(H,35,36)/t22-,24+/m1/s1. The van der Waals surface area contributed by atoms with Gasteiger partial charge in [0, 0.05) is 35.6 Å². The zero-order chi connectivity index (χ0) is 26.6. The molecule has 1 aromatic heterocycles. The van der Waals surface area contributed by atoms with E-state index >= 15 is 0 Å². The highest BCUT2D eigenvalue weighted by Gasteiger charge is 2.30. The number of aliphatic carboxylic acids is 1. The summed E-state index contributed by atoms with van der Waals surface area (Å²) in [7, 11) is 0. The molecule has 5 rings (SSSR count). The molecule has 0 spiro atoms. The second-order valence-corrected chi connectivity index (χ2v) is 11.4. The largest absolute Gasteiger partial charge is 0.488 e. The van der Waals surface area contributed by atoms with Crippen LogP contribution in [0.2, 0.25) is 0 Å². The molecule has 1 saturated carbocycles. The summed E-state index contributed by atoms with van der Waals surface area (Å²) in [4.78, 5) is 30.9. The first-order chi connectivity index (χ1) is 18.4. The summed E-state index contributed by atoms with van der Waals surface area (Å²) in [6, 6.07) is 12.1. The maximum atomic E-state index is 12.9. The van der Waals surface area contributed by atoms with Crippen molar-refractivity contribution >= 4 is 28.3 Å². The summed E-state index contributed by atoms with van der Waals surface area (Å²) in [6.45, 7) is 6.16. The highest BCUT2D eigenvalue weighted by atomic mass is 32.1. The van der Waals surface area contributed by atoms with Crippen molar-refractivity contribution < 1.29 is 19.4 Å². The molecule has 0 bridgehead atoms. The van der Waals surface area contributed by atoms with Gasteiger partial charge in [-0.1, -0.05) is 17.7 Å². The van der Waals surface area contributed by atoms with E-state index in [9.17, 15) is 14.7 Å². The average molecular weight is 534 g/mol. The molecule has 2 aliphatic rings. The van der Waals surface area contributed by atoms with Crippen LogP contribution in [-0.4, -0.2) is 46.0 Å². The lowest BCUT2D eigenvalue weighted by Crippen LogP contribution is -2.35. The van der Waals surface area contributed by atoms with Gasteiger partial charge in [-0.2, -0.15) is 0 Å². The fourth-order valence-electron chi connectivity index (χ4n) is 5.37. The molecule has 2 N–H and O–H groups in total. The molecule has 3 aromatic rings. The van der Waals surface area contributed by atoms with Gasteiger partial charge in [0.05, 0.1) is 11.6 Å². The maximum Gasteiger partial charge on any atom is 0.306 e. The minimum Gasteiger partial charge on any atom is -0.488 e. The molecule has 2 heterocycles. The predicted molar refractivity (Wildman–Crippen MR) is 150 cm³/mol. The first-order valence-corrected chi connectivity index (χ1v) is 14.3. The van der Waals surface area contributed by atoms with Crippen molar-refractivity contribution in [2.75, 3.05) is 18.4 Å². The molecule has 1 aliphatic carbocycles. The van der Waals surface area contributed by atoms with E-state index < -0.39 is 5.97 Å². The molecule has 2 fully saturated rings. The van der Waals surface area contributed by atoms with Gasteiger partial charge in [0.15, 0.2) is 5.13 Å². The maximum absolute atomic E-state index is 12.9. The zero-order valence-electron chi connectivity index (χ0n) is 22.0.